The molecule has 2 saturated carbocycles. The van der Waals surface area contributed by atoms with Gasteiger partial charge >= 0.3 is 0 Å². The summed E-state index contributed by atoms with van der Waals surface area (Å²) in [7, 11) is 0. The Hall–Kier alpha value is -6.18. The zero-order valence-corrected chi connectivity index (χ0v) is 32.3. The lowest BCUT2D eigenvalue weighted by Gasteiger charge is -2.30. The van der Waals surface area contributed by atoms with Gasteiger partial charge in [-0.1, -0.05) is 172 Å². The maximum atomic E-state index is 10.1. The molecule has 3 aliphatic carbocycles. The quantitative estimate of drug-likeness (QED) is 0.157. The van der Waals surface area contributed by atoms with E-state index in [4.69, 9.17) is 5.48 Å². The van der Waals surface area contributed by atoms with Crippen LogP contribution in [0.4, 0.5) is 17.1 Å². The smallest absolute Gasteiger partial charge is 0.0648 e. The Bertz CT molecular complexity index is 3180. The first kappa shape index (κ1) is 27.4. The van der Waals surface area contributed by atoms with Crippen LogP contribution in [0.1, 0.15) is 71.7 Å². The summed E-state index contributed by atoms with van der Waals surface area (Å²) in [6.45, 7) is 3.72. The molecule has 0 heterocycles. The van der Waals surface area contributed by atoms with Gasteiger partial charge < -0.3 is 4.90 Å². The van der Waals surface area contributed by atoms with Gasteiger partial charge in [-0.05, 0) is 134 Å². The van der Waals surface area contributed by atoms with Gasteiger partial charge in [0.1, 0.15) is 0 Å². The topological polar surface area (TPSA) is 3.24 Å². The number of hydrogen-bond donors (Lipinski definition) is 0. The van der Waals surface area contributed by atoms with E-state index in [9.17, 15) is 4.11 Å². The van der Waals surface area contributed by atoms with Crippen LogP contribution in [0.2, 0.25) is 0 Å². The molecule has 2 bridgehead atoms. The van der Waals surface area contributed by atoms with Gasteiger partial charge in [-0.25, -0.2) is 0 Å². The predicted octanol–water partition coefficient (Wildman–Crippen LogP) is 15.5. The Morgan fingerprint density at radius 3 is 1.95 bits per heavy atom. The summed E-state index contributed by atoms with van der Waals surface area (Å²) in [6.07, 6.45) is 5.26. The highest BCUT2D eigenvalue weighted by Gasteiger charge is 2.41. The SMILES string of the molecule is [2H]c1c([2H])c([2H])c2c(c1[2H])-c1c([2H])c([2H])c(N(c3ccc(-c4ccc(C5CC6CCC5C6)c5cccc(-c6ccccc6)c45)cc3)c3ccccc3-c3ccccc3)c([2H])c1C2(C)C. The third-order valence-electron chi connectivity index (χ3n) is 13.2. The van der Waals surface area contributed by atoms with E-state index in [-0.39, 0.29) is 53.1 Å². The first-order valence-electron chi connectivity index (χ1n) is 23.9. The average molecular weight is 741 g/mol. The highest BCUT2D eigenvalue weighted by atomic mass is 15.1. The van der Waals surface area contributed by atoms with Crippen LogP contribution in [0.15, 0.2) is 182 Å². The molecule has 2 fully saturated rings. The molecule has 3 unspecified atom stereocenters. The van der Waals surface area contributed by atoms with Crippen LogP contribution in [0.5, 0.6) is 0 Å². The highest BCUT2D eigenvalue weighted by Crippen LogP contribution is 2.55. The van der Waals surface area contributed by atoms with Gasteiger partial charge in [-0.15, -0.1) is 0 Å². The normalized spacial score (nSPS) is 20.5. The van der Waals surface area contributed by atoms with Gasteiger partial charge in [0, 0.05) is 22.4 Å². The van der Waals surface area contributed by atoms with Crippen molar-refractivity contribution < 1.29 is 9.60 Å². The van der Waals surface area contributed by atoms with Crippen molar-refractivity contribution in [2.45, 2.75) is 50.9 Å². The molecule has 0 saturated heterocycles. The van der Waals surface area contributed by atoms with Crippen LogP contribution >= 0.6 is 0 Å². The fourth-order valence-electron chi connectivity index (χ4n) is 10.4. The highest BCUT2D eigenvalue weighted by molar-refractivity contribution is 6.08. The zero-order chi connectivity index (χ0) is 44.2. The molecular weight excluding hydrogens is 687 g/mol. The van der Waals surface area contributed by atoms with Crippen molar-refractivity contribution in [1.29, 1.82) is 0 Å². The number of benzene rings is 8. The molecule has 57 heavy (non-hydrogen) atoms. The Labute approximate surface area is 347 Å². The zero-order valence-electron chi connectivity index (χ0n) is 39.3. The van der Waals surface area contributed by atoms with E-state index in [1.165, 1.54) is 53.1 Å². The first-order chi connectivity index (χ1) is 31.0. The maximum absolute atomic E-state index is 10.1. The third-order valence-corrected chi connectivity index (χ3v) is 13.2. The summed E-state index contributed by atoms with van der Waals surface area (Å²) in [5.74, 6) is 2.13. The van der Waals surface area contributed by atoms with Crippen LogP contribution in [-0.2, 0) is 5.41 Å². The summed E-state index contributed by atoms with van der Waals surface area (Å²) < 4.78 is 64.5. The van der Waals surface area contributed by atoms with Gasteiger partial charge in [-0.2, -0.15) is 0 Å². The second-order valence-corrected chi connectivity index (χ2v) is 16.7. The molecule has 276 valence electrons. The van der Waals surface area contributed by atoms with E-state index in [0.717, 1.165) is 39.8 Å². The number of fused-ring (bicyclic) bond motifs is 6. The van der Waals surface area contributed by atoms with Crippen molar-refractivity contribution in [3.8, 4) is 44.5 Å². The average Bonchev–Trinajstić information content (AvgIpc) is 4.03. The molecule has 0 spiro atoms. The summed E-state index contributed by atoms with van der Waals surface area (Å²) in [5, 5.41) is 2.55. The molecule has 3 atom stereocenters. The molecular formula is C56H47N. The lowest BCUT2D eigenvalue weighted by molar-refractivity contribution is 0.422. The second-order valence-electron chi connectivity index (χ2n) is 16.7. The van der Waals surface area contributed by atoms with Gasteiger partial charge in [0.25, 0.3) is 0 Å². The van der Waals surface area contributed by atoms with Gasteiger partial charge in [0.15, 0.2) is 0 Å². The Morgan fingerprint density at radius 1 is 0.526 bits per heavy atom. The fourth-order valence-corrected chi connectivity index (χ4v) is 10.4. The minimum Gasteiger partial charge on any atom is -0.310 e. The van der Waals surface area contributed by atoms with E-state index in [1.807, 2.05) is 73.3 Å². The molecule has 0 aromatic heterocycles. The van der Waals surface area contributed by atoms with Crippen molar-refractivity contribution in [3.63, 3.8) is 0 Å². The van der Waals surface area contributed by atoms with Crippen LogP contribution in [0.3, 0.4) is 0 Å². The number of anilines is 3. The van der Waals surface area contributed by atoms with Crippen molar-refractivity contribution in [2.75, 3.05) is 4.90 Å². The summed E-state index contributed by atoms with van der Waals surface area (Å²) >= 11 is 0. The van der Waals surface area contributed by atoms with Crippen molar-refractivity contribution >= 4 is 27.8 Å². The monoisotopic (exact) mass is 740 g/mol. The summed E-state index contributed by atoms with van der Waals surface area (Å²) in [5.41, 5.74) is 9.63. The lowest BCUT2D eigenvalue weighted by atomic mass is 9.79. The van der Waals surface area contributed by atoms with Crippen molar-refractivity contribution in [2.24, 2.45) is 11.8 Å². The second kappa shape index (κ2) is 13.5. The van der Waals surface area contributed by atoms with Crippen LogP contribution in [-0.4, -0.2) is 0 Å². The third kappa shape index (κ3) is 5.59. The summed E-state index contributed by atoms with van der Waals surface area (Å²) in [6, 6.07) is 46.9. The number of para-hydroxylation sites is 1. The molecule has 0 amide bonds. The molecule has 8 aromatic carbocycles. The van der Waals surface area contributed by atoms with Gasteiger partial charge in [0.2, 0.25) is 0 Å². The van der Waals surface area contributed by atoms with E-state index < -0.39 is 11.5 Å². The van der Waals surface area contributed by atoms with Crippen molar-refractivity contribution in [3.05, 3.63) is 199 Å². The Kier molecular flexibility index (Phi) is 6.49. The largest absolute Gasteiger partial charge is 0.310 e. The van der Waals surface area contributed by atoms with Crippen LogP contribution in [0.25, 0.3) is 55.3 Å². The molecule has 8 aromatic rings. The Balaban J connectivity index is 1.13. The van der Waals surface area contributed by atoms with E-state index >= 15 is 0 Å². The first-order valence-corrected chi connectivity index (χ1v) is 20.4. The summed E-state index contributed by atoms with van der Waals surface area (Å²) in [4.78, 5) is 1.93. The standard InChI is InChI=1S/C56H47N/c1-56(2)52-22-11-9-19-48(52)49-31-30-43(36-53(49)56)57(54-23-12-10-18-44(54)38-14-5-3-6-15-38)42-28-26-40(27-29-42)46-32-33-47(51-35-37-24-25-41(51)34-37)50-21-13-20-45(55(46)50)39-16-7-4-8-17-39/h3-23,26-33,36-37,41,51H,24-25,34-35H2,1-2H3/i9D,11D,19D,22D,30D,31D,36D. The van der Waals surface area contributed by atoms with Gasteiger partial charge in [0.05, 0.1) is 15.3 Å². The lowest BCUT2D eigenvalue weighted by Crippen LogP contribution is -2.16. The molecule has 0 aliphatic heterocycles. The van der Waals surface area contributed by atoms with Crippen LogP contribution < -0.4 is 4.90 Å². The minimum absolute atomic E-state index is 0.00991. The number of hydrogen-bond acceptors (Lipinski definition) is 1. The number of rotatable bonds is 7. The fraction of sp³-hybridized carbons (Fsp3) is 0.179. The van der Waals surface area contributed by atoms with Gasteiger partial charge in [-0.3, -0.25) is 0 Å². The predicted molar refractivity (Wildman–Crippen MR) is 241 cm³/mol. The minimum atomic E-state index is -1.06. The van der Waals surface area contributed by atoms with Crippen molar-refractivity contribution in [1.82, 2.24) is 0 Å². The molecule has 3 aliphatic rings. The maximum Gasteiger partial charge on any atom is 0.0648 e. The van der Waals surface area contributed by atoms with E-state index in [0.29, 0.717) is 22.7 Å². The van der Waals surface area contributed by atoms with Crippen LogP contribution in [0, 0.1) is 11.8 Å². The van der Waals surface area contributed by atoms with E-state index in [2.05, 4.69) is 84.9 Å². The molecule has 1 nitrogen and oxygen atoms in total. The molecule has 0 N–H and O–H groups in total. The molecule has 0 radical (unpaired) electrons. The molecule has 1 heteroatoms. The Morgan fingerprint density at radius 2 is 1.19 bits per heavy atom. The van der Waals surface area contributed by atoms with E-state index in [1.54, 1.807) is 0 Å². The number of nitrogens with zero attached hydrogens (tertiary/aromatic N) is 1. The molecule has 11 rings (SSSR count).